The molecule has 0 radical (unpaired) electrons. The van der Waals surface area contributed by atoms with Crippen LogP contribution in [0, 0.1) is 13.8 Å². The van der Waals surface area contributed by atoms with Crippen molar-refractivity contribution in [2.24, 2.45) is 9.98 Å². The molecule has 0 N–H and O–H groups in total. The van der Waals surface area contributed by atoms with Gasteiger partial charge in [0.1, 0.15) is 0 Å². The zero-order chi connectivity index (χ0) is 26.5. The smallest absolute Gasteiger partial charge is 0.0966 e. The summed E-state index contributed by atoms with van der Waals surface area (Å²) in [5.74, 6) is 0. The van der Waals surface area contributed by atoms with Crippen molar-refractivity contribution < 1.29 is 0 Å². The Morgan fingerprint density at radius 3 is 1.34 bits per heavy atom. The first-order valence-electron chi connectivity index (χ1n) is 12.3. The molecule has 1 heterocycles. The van der Waals surface area contributed by atoms with Gasteiger partial charge in [-0.3, -0.25) is 0 Å². The predicted octanol–water partition coefficient (Wildman–Crippen LogP) is 9.56. The van der Waals surface area contributed by atoms with Crippen LogP contribution in [0.1, 0.15) is 33.6 Å². The van der Waals surface area contributed by atoms with Crippen molar-refractivity contribution >= 4 is 54.7 Å². The van der Waals surface area contributed by atoms with Gasteiger partial charge in [0, 0.05) is 20.1 Å². The van der Waals surface area contributed by atoms with Crippen molar-refractivity contribution in [1.82, 2.24) is 4.98 Å². The molecule has 1 aromatic heterocycles. The summed E-state index contributed by atoms with van der Waals surface area (Å²) in [5.41, 5.74) is 9.14. The van der Waals surface area contributed by atoms with Gasteiger partial charge in [-0.05, 0) is 93.2 Å². The van der Waals surface area contributed by atoms with Gasteiger partial charge in [0.05, 0.1) is 34.2 Å². The third-order valence-corrected chi connectivity index (χ3v) is 7.27. The van der Waals surface area contributed by atoms with E-state index >= 15 is 0 Å². The second-order valence-electron chi connectivity index (χ2n) is 8.97. The number of rotatable bonds is 6. The second-order valence-corrected chi connectivity index (χ2v) is 10.7. The van der Waals surface area contributed by atoms with Crippen molar-refractivity contribution in [3.05, 3.63) is 158 Å². The van der Waals surface area contributed by atoms with Gasteiger partial charge >= 0.3 is 0 Å². The quantitative estimate of drug-likeness (QED) is 0.174. The van der Waals surface area contributed by atoms with Gasteiger partial charge in [-0.25, -0.2) is 15.0 Å². The Balaban J connectivity index is 1.68. The van der Waals surface area contributed by atoms with E-state index in [0.29, 0.717) is 0 Å². The van der Waals surface area contributed by atoms with Crippen LogP contribution in [0.25, 0.3) is 0 Å². The molecule has 4 aromatic carbocycles. The number of nitrogens with zero attached hydrogens (tertiary/aromatic N) is 3. The van der Waals surface area contributed by atoms with Crippen LogP contribution in [0.2, 0.25) is 0 Å². The van der Waals surface area contributed by atoms with E-state index in [9.17, 15) is 0 Å². The van der Waals surface area contributed by atoms with Crippen molar-refractivity contribution in [1.29, 1.82) is 0 Å². The van der Waals surface area contributed by atoms with Crippen molar-refractivity contribution in [3.8, 4) is 0 Å². The van der Waals surface area contributed by atoms with Crippen LogP contribution >= 0.6 is 31.9 Å². The van der Waals surface area contributed by atoms with Gasteiger partial charge in [-0.2, -0.15) is 0 Å². The average molecular weight is 623 g/mol. The van der Waals surface area contributed by atoms with E-state index < -0.39 is 0 Å². The number of benzene rings is 4. The first-order valence-corrected chi connectivity index (χ1v) is 13.8. The zero-order valence-electron chi connectivity index (χ0n) is 21.1. The molecule has 38 heavy (non-hydrogen) atoms. The summed E-state index contributed by atoms with van der Waals surface area (Å²) in [4.78, 5) is 15.3. The van der Waals surface area contributed by atoms with E-state index in [4.69, 9.17) is 15.0 Å². The standard InChI is InChI=1S/C33H25Br2N3/c1-22-16-18-28(26(34)20-22)37-32(24-10-5-3-6-11-24)30-14-9-15-31(36-30)33(25-12-7-4-8-13-25)38-29-19-17-23(2)21-27(29)35/h3-21H,1-2H3. The molecule has 0 atom stereocenters. The van der Waals surface area contributed by atoms with Crippen LogP contribution in [0.15, 0.2) is 134 Å². The number of aliphatic imine (C=N–C) groups is 2. The molecular formula is C33H25Br2N3. The van der Waals surface area contributed by atoms with Crippen molar-refractivity contribution in [2.45, 2.75) is 13.8 Å². The topological polar surface area (TPSA) is 37.6 Å². The lowest BCUT2D eigenvalue weighted by Crippen LogP contribution is -2.11. The number of aromatic nitrogens is 1. The van der Waals surface area contributed by atoms with E-state index in [1.54, 1.807) is 0 Å². The van der Waals surface area contributed by atoms with Gasteiger partial charge in [-0.15, -0.1) is 0 Å². The molecular weight excluding hydrogens is 598 g/mol. The lowest BCUT2D eigenvalue weighted by Gasteiger charge is -2.12. The molecule has 0 unspecified atom stereocenters. The Hall–Kier alpha value is -3.67. The first-order chi connectivity index (χ1) is 18.5. The number of hydrogen-bond acceptors (Lipinski definition) is 3. The predicted molar refractivity (Wildman–Crippen MR) is 165 cm³/mol. The molecule has 5 aromatic rings. The first kappa shape index (κ1) is 26.0. The molecule has 0 amide bonds. The van der Waals surface area contributed by atoms with E-state index in [2.05, 4.69) is 94.2 Å². The highest BCUT2D eigenvalue weighted by molar-refractivity contribution is 9.11. The molecule has 0 aliphatic carbocycles. The average Bonchev–Trinajstić information content (AvgIpc) is 2.93. The molecule has 3 nitrogen and oxygen atoms in total. The Morgan fingerprint density at radius 2 is 0.947 bits per heavy atom. The van der Waals surface area contributed by atoms with Crippen molar-refractivity contribution in [3.63, 3.8) is 0 Å². The highest BCUT2D eigenvalue weighted by atomic mass is 79.9. The normalized spacial score (nSPS) is 12.0. The number of pyridine rings is 1. The third kappa shape index (κ3) is 6.07. The molecule has 0 spiro atoms. The fourth-order valence-electron chi connectivity index (χ4n) is 4.08. The molecule has 0 saturated carbocycles. The summed E-state index contributed by atoms with van der Waals surface area (Å²) in [6.07, 6.45) is 0. The largest absolute Gasteiger partial charge is 0.245 e. The van der Waals surface area contributed by atoms with Crippen molar-refractivity contribution in [2.75, 3.05) is 0 Å². The summed E-state index contributed by atoms with van der Waals surface area (Å²) in [7, 11) is 0. The molecule has 0 bridgehead atoms. The van der Waals surface area contributed by atoms with E-state index in [-0.39, 0.29) is 0 Å². The van der Waals surface area contributed by atoms with E-state index in [0.717, 1.165) is 54.3 Å². The summed E-state index contributed by atoms with van der Waals surface area (Å²) >= 11 is 7.37. The Kier molecular flexibility index (Phi) is 8.06. The zero-order valence-corrected chi connectivity index (χ0v) is 24.2. The van der Waals surface area contributed by atoms with Crippen LogP contribution in [0.3, 0.4) is 0 Å². The Bertz CT molecular complexity index is 1520. The minimum atomic E-state index is 0.771. The monoisotopic (exact) mass is 621 g/mol. The number of halogens is 2. The van der Waals surface area contributed by atoms with Crippen LogP contribution in [-0.4, -0.2) is 16.4 Å². The van der Waals surface area contributed by atoms with Crippen LogP contribution in [-0.2, 0) is 0 Å². The Morgan fingerprint density at radius 1 is 0.526 bits per heavy atom. The van der Waals surface area contributed by atoms with Crippen LogP contribution in [0.5, 0.6) is 0 Å². The van der Waals surface area contributed by atoms with Gasteiger partial charge in [-0.1, -0.05) is 78.9 Å². The maximum absolute atomic E-state index is 5.12. The lowest BCUT2D eigenvalue weighted by molar-refractivity contribution is 1.24. The maximum Gasteiger partial charge on any atom is 0.0966 e. The third-order valence-electron chi connectivity index (χ3n) is 6.00. The molecule has 0 saturated heterocycles. The number of aryl methyl sites for hydroxylation is 2. The second kappa shape index (κ2) is 11.8. The summed E-state index contributed by atoms with van der Waals surface area (Å²) in [5, 5.41) is 0. The van der Waals surface area contributed by atoms with Gasteiger partial charge in [0.15, 0.2) is 0 Å². The van der Waals surface area contributed by atoms with E-state index in [1.165, 1.54) is 11.1 Å². The SMILES string of the molecule is Cc1ccc(N=C(c2ccccc2)c2cccc(C(=Nc3ccc(C)cc3Br)c3ccccc3)n2)c(Br)c1. The molecule has 0 aliphatic rings. The molecule has 5 heteroatoms. The highest BCUT2D eigenvalue weighted by Crippen LogP contribution is 2.30. The lowest BCUT2D eigenvalue weighted by atomic mass is 10.0. The van der Waals surface area contributed by atoms with Gasteiger partial charge in [0.2, 0.25) is 0 Å². The van der Waals surface area contributed by atoms with Gasteiger partial charge < -0.3 is 0 Å². The van der Waals surface area contributed by atoms with E-state index in [1.807, 2.05) is 66.7 Å². The summed E-state index contributed by atoms with van der Waals surface area (Å²) < 4.78 is 1.88. The molecule has 0 fully saturated rings. The fraction of sp³-hybridized carbons (Fsp3) is 0.0606. The maximum atomic E-state index is 5.12. The highest BCUT2D eigenvalue weighted by Gasteiger charge is 2.15. The minimum absolute atomic E-state index is 0.771. The summed E-state index contributed by atoms with van der Waals surface area (Å²) in [6.45, 7) is 4.14. The molecule has 0 aliphatic heterocycles. The Labute approximate surface area is 240 Å². The number of hydrogen-bond donors (Lipinski definition) is 0. The fourth-order valence-corrected chi connectivity index (χ4v) is 5.24. The molecule has 5 rings (SSSR count). The molecule has 186 valence electrons. The minimum Gasteiger partial charge on any atom is -0.245 e. The van der Waals surface area contributed by atoms with Crippen LogP contribution in [0.4, 0.5) is 11.4 Å². The van der Waals surface area contributed by atoms with Crippen LogP contribution < -0.4 is 0 Å². The summed E-state index contributed by atoms with van der Waals surface area (Å²) in [6, 6.07) is 38.7. The van der Waals surface area contributed by atoms with Gasteiger partial charge in [0.25, 0.3) is 0 Å².